The molecule has 1 aliphatic heterocycles. The van der Waals surface area contributed by atoms with Crippen LogP contribution in [0.15, 0.2) is 6.20 Å². The number of ether oxygens (including phenoxy) is 1. The van der Waals surface area contributed by atoms with Gasteiger partial charge >= 0.3 is 0 Å². The highest BCUT2D eigenvalue weighted by Crippen LogP contribution is 2.28. The molecule has 2 aromatic heterocycles. The second-order valence-electron chi connectivity index (χ2n) is 4.37. The number of H-pyrrole nitrogens is 1. The van der Waals surface area contributed by atoms with E-state index in [0.717, 1.165) is 0 Å². The van der Waals surface area contributed by atoms with Gasteiger partial charge in [-0.05, 0) is 0 Å². The fourth-order valence-corrected chi connectivity index (χ4v) is 2.28. The monoisotopic (exact) mass is 286 g/mol. The molecule has 0 radical (unpaired) electrons. The first-order chi connectivity index (χ1) is 9.16. The van der Waals surface area contributed by atoms with E-state index < -0.39 is 11.9 Å². The summed E-state index contributed by atoms with van der Waals surface area (Å²) in [6.07, 6.45) is 0.872. The molecule has 0 bridgehead atoms. The van der Waals surface area contributed by atoms with Crippen molar-refractivity contribution in [2.45, 2.75) is 6.10 Å². The summed E-state index contributed by atoms with van der Waals surface area (Å²) in [7, 11) is 0. The number of aromatic nitrogens is 3. The third kappa shape index (κ3) is 2.24. The third-order valence-electron chi connectivity index (χ3n) is 3.04. The van der Waals surface area contributed by atoms with Crippen LogP contribution < -0.4 is 4.90 Å². The van der Waals surface area contributed by atoms with Crippen molar-refractivity contribution in [2.24, 2.45) is 0 Å². The molecule has 3 rings (SSSR count). The van der Waals surface area contributed by atoms with Gasteiger partial charge in [-0.25, -0.2) is 9.37 Å². The average molecular weight is 287 g/mol. The summed E-state index contributed by atoms with van der Waals surface area (Å²) < 4.78 is 19.0. The summed E-state index contributed by atoms with van der Waals surface area (Å²) in [5, 5.41) is 16.8. The summed E-state index contributed by atoms with van der Waals surface area (Å²) in [5.74, 6) is -0.0767. The largest absolute Gasteiger partial charge is 0.389 e. The first kappa shape index (κ1) is 12.6. The number of nitrogens with zero attached hydrogens (tertiary/aromatic N) is 3. The molecule has 19 heavy (non-hydrogen) atoms. The number of hydrogen-bond acceptors (Lipinski definition) is 5. The number of aliphatic hydroxyl groups is 1. The molecule has 0 amide bonds. The lowest BCUT2D eigenvalue weighted by atomic mass is 10.2. The van der Waals surface area contributed by atoms with Crippen LogP contribution in [0.1, 0.15) is 0 Å². The molecular weight excluding hydrogens is 275 g/mol. The maximum atomic E-state index is 13.8. The van der Waals surface area contributed by atoms with Crippen LogP contribution in [0.25, 0.3) is 10.9 Å². The van der Waals surface area contributed by atoms with Crippen LogP contribution in [0.2, 0.25) is 5.15 Å². The van der Waals surface area contributed by atoms with Crippen LogP contribution in [0.5, 0.6) is 0 Å². The number of aromatic amines is 1. The molecule has 8 heteroatoms. The van der Waals surface area contributed by atoms with Gasteiger partial charge in [0, 0.05) is 19.3 Å². The van der Waals surface area contributed by atoms with Crippen LogP contribution in [0.3, 0.4) is 0 Å². The van der Waals surface area contributed by atoms with Gasteiger partial charge < -0.3 is 14.7 Å². The van der Waals surface area contributed by atoms with E-state index in [9.17, 15) is 9.50 Å². The van der Waals surface area contributed by atoms with Crippen LogP contribution >= 0.6 is 11.6 Å². The number of rotatable bonds is 1. The number of hydrogen-bond donors (Lipinski definition) is 2. The number of halogens is 2. The normalized spacial score (nSPS) is 20.8. The van der Waals surface area contributed by atoms with Gasteiger partial charge in [-0.3, -0.25) is 5.10 Å². The number of nitrogens with one attached hydrogen (secondary N) is 1. The standard InChI is InChI=1S/C11H12ClFN4O2/c12-10-8(13)9-7(3-14-10)11(16-15-9)17-1-2-19-5-6(18)4-17/h3,6,18H,1-2,4-5H2,(H,15,16)/t6-/m0/s1. The molecular formula is C11H12ClFN4O2. The van der Waals surface area contributed by atoms with Crippen molar-refractivity contribution in [1.29, 1.82) is 0 Å². The van der Waals surface area contributed by atoms with E-state index in [4.69, 9.17) is 16.3 Å². The van der Waals surface area contributed by atoms with Gasteiger partial charge in [0.1, 0.15) is 5.52 Å². The van der Waals surface area contributed by atoms with E-state index in [1.54, 1.807) is 0 Å². The Labute approximate surface area is 113 Å². The van der Waals surface area contributed by atoms with Gasteiger partial charge in [0.25, 0.3) is 0 Å². The Kier molecular flexibility index (Phi) is 3.26. The topological polar surface area (TPSA) is 74.3 Å². The second kappa shape index (κ2) is 4.92. The highest BCUT2D eigenvalue weighted by molar-refractivity contribution is 6.30. The van der Waals surface area contributed by atoms with Crippen molar-refractivity contribution < 1.29 is 14.2 Å². The molecule has 1 saturated heterocycles. The summed E-state index contributed by atoms with van der Waals surface area (Å²) in [4.78, 5) is 5.63. The highest BCUT2D eigenvalue weighted by atomic mass is 35.5. The Balaban J connectivity index is 2.03. The fourth-order valence-electron chi connectivity index (χ4n) is 2.14. The number of pyridine rings is 1. The highest BCUT2D eigenvalue weighted by Gasteiger charge is 2.22. The van der Waals surface area contributed by atoms with E-state index >= 15 is 0 Å². The predicted molar refractivity (Wildman–Crippen MR) is 67.9 cm³/mol. The SMILES string of the molecule is O[C@@H]1COCCN(c2n[nH]c3c(F)c(Cl)ncc23)C1. The number of anilines is 1. The van der Waals surface area contributed by atoms with Gasteiger partial charge in [-0.1, -0.05) is 11.6 Å². The lowest BCUT2D eigenvalue weighted by molar-refractivity contribution is 0.0597. The van der Waals surface area contributed by atoms with Crippen molar-refractivity contribution in [1.82, 2.24) is 15.2 Å². The molecule has 0 aliphatic carbocycles. The Bertz CT molecular complexity index is 606. The molecule has 102 valence electrons. The lowest BCUT2D eigenvalue weighted by Gasteiger charge is -2.20. The maximum absolute atomic E-state index is 13.8. The zero-order valence-corrected chi connectivity index (χ0v) is 10.7. The van der Waals surface area contributed by atoms with Crippen LogP contribution in [0.4, 0.5) is 10.2 Å². The van der Waals surface area contributed by atoms with Crippen molar-refractivity contribution in [3.05, 3.63) is 17.2 Å². The minimum Gasteiger partial charge on any atom is -0.389 e. The molecule has 2 N–H and O–H groups in total. The molecule has 1 fully saturated rings. The molecule has 0 saturated carbocycles. The molecule has 0 spiro atoms. The van der Waals surface area contributed by atoms with Crippen molar-refractivity contribution in [3.63, 3.8) is 0 Å². The second-order valence-corrected chi connectivity index (χ2v) is 4.73. The van der Waals surface area contributed by atoms with Crippen LogP contribution in [0, 0.1) is 5.82 Å². The van der Waals surface area contributed by atoms with E-state index in [-0.39, 0.29) is 17.3 Å². The first-order valence-electron chi connectivity index (χ1n) is 5.85. The zero-order chi connectivity index (χ0) is 13.4. The van der Waals surface area contributed by atoms with Gasteiger partial charge in [-0.15, -0.1) is 0 Å². The molecule has 6 nitrogen and oxygen atoms in total. The van der Waals surface area contributed by atoms with Gasteiger partial charge in [0.05, 0.1) is 24.7 Å². The molecule has 0 unspecified atom stereocenters. The summed E-state index contributed by atoms with van der Waals surface area (Å²) in [6, 6.07) is 0. The van der Waals surface area contributed by atoms with E-state index in [0.29, 0.717) is 30.9 Å². The summed E-state index contributed by atoms with van der Waals surface area (Å²) in [5.41, 5.74) is 0.217. The summed E-state index contributed by atoms with van der Waals surface area (Å²) >= 11 is 5.62. The van der Waals surface area contributed by atoms with E-state index in [2.05, 4.69) is 15.2 Å². The number of aliphatic hydroxyl groups excluding tert-OH is 1. The van der Waals surface area contributed by atoms with Crippen molar-refractivity contribution in [2.75, 3.05) is 31.2 Å². The van der Waals surface area contributed by atoms with Crippen molar-refractivity contribution in [3.8, 4) is 0 Å². The molecule has 0 aromatic carbocycles. The number of fused-ring (bicyclic) bond motifs is 1. The zero-order valence-electron chi connectivity index (χ0n) is 9.94. The first-order valence-corrected chi connectivity index (χ1v) is 6.23. The average Bonchev–Trinajstić information content (AvgIpc) is 2.71. The van der Waals surface area contributed by atoms with Gasteiger partial charge in [0.2, 0.25) is 0 Å². The van der Waals surface area contributed by atoms with Crippen LogP contribution in [-0.2, 0) is 4.74 Å². The molecule has 1 atom stereocenters. The van der Waals surface area contributed by atoms with E-state index in [1.165, 1.54) is 6.20 Å². The smallest absolute Gasteiger partial charge is 0.186 e. The minimum absolute atomic E-state index is 0.193. The molecule has 1 aliphatic rings. The lowest BCUT2D eigenvalue weighted by Crippen LogP contribution is -2.32. The summed E-state index contributed by atoms with van der Waals surface area (Å²) in [6.45, 7) is 1.72. The minimum atomic E-state index is -0.621. The maximum Gasteiger partial charge on any atom is 0.186 e. The van der Waals surface area contributed by atoms with Crippen LogP contribution in [-0.4, -0.2) is 52.7 Å². The third-order valence-corrected chi connectivity index (χ3v) is 3.30. The predicted octanol–water partition coefficient (Wildman–Crippen LogP) is 0.948. The quantitative estimate of drug-likeness (QED) is 0.764. The fraction of sp³-hybridized carbons (Fsp3) is 0.455. The van der Waals surface area contributed by atoms with Gasteiger partial charge in [-0.2, -0.15) is 5.10 Å². The number of β-amino-alcohol motifs (C(OH)–C–C–N with tert-alkyl or cyclic N) is 1. The molecule has 3 heterocycles. The van der Waals surface area contributed by atoms with Crippen molar-refractivity contribution >= 4 is 28.3 Å². The Morgan fingerprint density at radius 3 is 3.26 bits per heavy atom. The Morgan fingerprint density at radius 1 is 1.58 bits per heavy atom. The Morgan fingerprint density at radius 2 is 2.42 bits per heavy atom. The Hall–Kier alpha value is -1.44. The van der Waals surface area contributed by atoms with E-state index in [1.807, 2.05) is 4.90 Å². The van der Waals surface area contributed by atoms with Gasteiger partial charge in [0.15, 0.2) is 16.8 Å². The molecule has 2 aromatic rings.